The first-order valence-corrected chi connectivity index (χ1v) is 15.0. The second kappa shape index (κ2) is 14.0. The van der Waals surface area contributed by atoms with E-state index in [1.807, 2.05) is 27.7 Å². The van der Waals surface area contributed by atoms with Gasteiger partial charge in [-0.25, -0.2) is 4.79 Å². The first-order valence-electron chi connectivity index (χ1n) is 15.0. The number of fused-ring (bicyclic) bond motifs is 1. The van der Waals surface area contributed by atoms with Crippen molar-refractivity contribution in [3.8, 4) is 0 Å². The number of nitrogens with zero attached hydrogens (tertiary/aromatic N) is 1. The van der Waals surface area contributed by atoms with Gasteiger partial charge in [-0.05, 0) is 69.6 Å². The highest BCUT2D eigenvalue weighted by Gasteiger charge is 2.70. The van der Waals surface area contributed by atoms with Gasteiger partial charge in [0.2, 0.25) is 17.6 Å². The van der Waals surface area contributed by atoms with Crippen molar-refractivity contribution >= 4 is 29.6 Å². The minimum Gasteiger partial charge on any atom is -0.444 e. The summed E-state index contributed by atoms with van der Waals surface area (Å²) in [7, 11) is 0. The minimum absolute atomic E-state index is 0.0929. The van der Waals surface area contributed by atoms with E-state index in [4.69, 9.17) is 9.47 Å². The zero-order valence-electron chi connectivity index (χ0n) is 26.9. The lowest BCUT2D eigenvalue weighted by Gasteiger charge is -2.38. The van der Waals surface area contributed by atoms with Crippen LogP contribution in [0.3, 0.4) is 0 Å². The molecule has 0 spiro atoms. The third kappa shape index (κ3) is 9.02. The molecule has 0 aromatic carbocycles. The molecule has 3 N–H and O–H groups in total. The molecule has 1 saturated heterocycles. The van der Waals surface area contributed by atoms with Crippen LogP contribution in [0, 0.1) is 22.7 Å². The fraction of sp³-hybridized carbons (Fsp3) is 0.774. The summed E-state index contributed by atoms with van der Waals surface area (Å²) >= 11 is 0. The molecule has 5 atom stereocenters. The summed E-state index contributed by atoms with van der Waals surface area (Å²) in [5, 5.41) is 8.11. The van der Waals surface area contributed by atoms with E-state index in [0.29, 0.717) is 32.6 Å². The molecule has 0 radical (unpaired) electrons. The van der Waals surface area contributed by atoms with Gasteiger partial charge in [-0.3, -0.25) is 19.2 Å². The van der Waals surface area contributed by atoms with Crippen LogP contribution < -0.4 is 16.0 Å². The second-order valence-corrected chi connectivity index (χ2v) is 13.9. The van der Waals surface area contributed by atoms with Crippen LogP contribution in [0.15, 0.2) is 12.7 Å². The topological polar surface area (TPSA) is 143 Å². The highest BCUT2D eigenvalue weighted by atomic mass is 16.6. The number of carbonyl (C=O) groups excluding carboxylic acids is 5. The number of nitrogens with one attached hydrogen (secondary N) is 3. The van der Waals surface area contributed by atoms with E-state index in [2.05, 4.69) is 36.4 Å². The zero-order valence-corrected chi connectivity index (χ0v) is 26.9. The largest absolute Gasteiger partial charge is 0.444 e. The molecule has 42 heavy (non-hydrogen) atoms. The smallest absolute Gasteiger partial charge is 0.408 e. The Bertz CT molecular complexity index is 1030. The van der Waals surface area contributed by atoms with Gasteiger partial charge in [-0.15, -0.1) is 6.58 Å². The predicted octanol–water partition coefficient (Wildman–Crippen LogP) is 2.97. The zero-order chi connectivity index (χ0) is 32.0. The Morgan fingerprint density at radius 3 is 2.26 bits per heavy atom. The van der Waals surface area contributed by atoms with Crippen molar-refractivity contribution in [3.05, 3.63) is 12.7 Å². The number of ketones is 1. The van der Waals surface area contributed by atoms with Crippen LogP contribution in [0.1, 0.15) is 81.6 Å². The number of ether oxygens (including phenoxy) is 2. The van der Waals surface area contributed by atoms with Crippen molar-refractivity contribution in [2.75, 3.05) is 26.3 Å². The maximum absolute atomic E-state index is 14.0. The first kappa shape index (κ1) is 35.2. The monoisotopic (exact) mass is 592 g/mol. The lowest BCUT2D eigenvalue weighted by atomic mass is 9.85. The summed E-state index contributed by atoms with van der Waals surface area (Å²) in [5.41, 5.74) is -1.60. The molecule has 0 aromatic rings. The average molecular weight is 593 g/mol. The Morgan fingerprint density at radius 2 is 1.71 bits per heavy atom. The Hall–Kier alpha value is -2.95. The van der Waals surface area contributed by atoms with Crippen molar-refractivity contribution in [2.45, 2.75) is 105 Å². The standard InChI is InChI=1S/C31H52N4O7/c1-11-13-15-20(23(36)26(38)32-16-14-17-41-12-2)33-25(37)22-21-19(31(21,9)10)18-35(22)27(39)24(29(3,4)5)34-28(40)42-30(6,7)8/h11,19-22,24H,1,12-18H2,2-10H3,(H,32,38)(H,33,37)(H,34,40)/t19?,20?,21?,22-,24+/m0/s1. The Balaban J connectivity index is 2.25. The van der Waals surface area contributed by atoms with Gasteiger partial charge in [0.1, 0.15) is 17.7 Å². The van der Waals surface area contributed by atoms with E-state index >= 15 is 0 Å². The Morgan fingerprint density at radius 1 is 1.07 bits per heavy atom. The number of amides is 4. The molecule has 4 amide bonds. The summed E-state index contributed by atoms with van der Waals surface area (Å²) in [4.78, 5) is 67.8. The van der Waals surface area contributed by atoms with Gasteiger partial charge in [-0.2, -0.15) is 0 Å². The number of alkyl carbamates (subject to hydrolysis) is 1. The van der Waals surface area contributed by atoms with Crippen LogP contribution in [0.5, 0.6) is 0 Å². The molecule has 11 heteroatoms. The minimum atomic E-state index is -1.07. The lowest BCUT2D eigenvalue weighted by molar-refractivity contribution is -0.145. The number of likely N-dealkylation sites (tertiary alicyclic amines) is 1. The molecule has 2 rings (SSSR count). The molecule has 2 fully saturated rings. The van der Waals surface area contributed by atoms with Crippen LogP contribution in [0.4, 0.5) is 4.79 Å². The van der Waals surface area contributed by atoms with Gasteiger partial charge < -0.3 is 30.3 Å². The maximum Gasteiger partial charge on any atom is 0.408 e. The second-order valence-electron chi connectivity index (χ2n) is 13.9. The average Bonchev–Trinajstić information content (AvgIpc) is 3.20. The van der Waals surface area contributed by atoms with Gasteiger partial charge >= 0.3 is 6.09 Å². The summed E-state index contributed by atoms with van der Waals surface area (Å²) in [5.74, 6) is -2.43. The molecule has 11 nitrogen and oxygen atoms in total. The summed E-state index contributed by atoms with van der Waals surface area (Å²) in [6.45, 7) is 22.0. The molecule has 1 aliphatic carbocycles. The molecule has 1 saturated carbocycles. The molecule has 3 unspecified atom stereocenters. The third-order valence-corrected chi connectivity index (χ3v) is 8.01. The van der Waals surface area contributed by atoms with Crippen LogP contribution in [-0.2, 0) is 28.7 Å². The maximum atomic E-state index is 14.0. The van der Waals surface area contributed by atoms with E-state index in [-0.39, 0.29) is 30.2 Å². The van der Waals surface area contributed by atoms with Crippen LogP contribution in [0.2, 0.25) is 0 Å². The van der Waals surface area contributed by atoms with Gasteiger partial charge in [0.15, 0.2) is 0 Å². The van der Waals surface area contributed by atoms with Gasteiger partial charge in [0.25, 0.3) is 5.91 Å². The SMILES string of the molecule is C=CCCC(NC(=O)[C@@H]1C2C(CN1C(=O)[C@@H](NC(=O)OC(C)(C)C)C(C)(C)C)C2(C)C)C(=O)C(=O)NCCCOCC. The molecule has 238 valence electrons. The summed E-state index contributed by atoms with van der Waals surface area (Å²) in [6.07, 6.45) is 2.06. The number of hydrogen-bond donors (Lipinski definition) is 3. The fourth-order valence-electron chi connectivity index (χ4n) is 5.63. The molecule has 1 heterocycles. The van der Waals surface area contributed by atoms with Gasteiger partial charge in [0.05, 0.1) is 6.04 Å². The van der Waals surface area contributed by atoms with Crippen LogP contribution >= 0.6 is 0 Å². The predicted molar refractivity (Wildman–Crippen MR) is 159 cm³/mol. The number of carbonyl (C=O) groups is 5. The molecule has 0 aromatic heterocycles. The Kier molecular flexibility index (Phi) is 11.8. The van der Waals surface area contributed by atoms with Crippen molar-refractivity contribution in [3.63, 3.8) is 0 Å². The molecular weight excluding hydrogens is 540 g/mol. The highest BCUT2D eigenvalue weighted by Crippen LogP contribution is 2.65. The normalized spacial score (nSPS) is 22.3. The van der Waals surface area contributed by atoms with Crippen LogP contribution in [0.25, 0.3) is 0 Å². The molecule has 2 aliphatic rings. The quantitative estimate of drug-likeness (QED) is 0.160. The highest BCUT2D eigenvalue weighted by molar-refractivity contribution is 6.38. The van der Waals surface area contributed by atoms with E-state index in [0.717, 1.165) is 0 Å². The van der Waals surface area contributed by atoms with Crippen LogP contribution in [-0.4, -0.2) is 84.5 Å². The third-order valence-electron chi connectivity index (χ3n) is 8.01. The lowest BCUT2D eigenvalue weighted by Crippen LogP contribution is -2.60. The van der Waals surface area contributed by atoms with Crippen molar-refractivity contribution in [2.24, 2.45) is 22.7 Å². The molecule has 1 aliphatic heterocycles. The number of hydrogen-bond acceptors (Lipinski definition) is 7. The van der Waals surface area contributed by atoms with E-state index in [1.54, 1.807) is 26.8 Å². The van der Waals surface area contributed by atoms with Crippen molar-refractivity contribution in [1.82, 2.24) is 20.9 Å². The van der Waals surface area contributed by atoms with Gasteiger partial charge in [-0.1, -0.05) is 40.7 Å². The fourth-order valence-corrected chi connectivity index (χ4v) is 5.63. The number of Topliss-reactive ketones (excluding diaryl/α,β-unsaturated/α-hetero) is 1. The first-order chi connectivity index (χ1) is 19.4. The van der Waals surface area contributed by atoms with Gasteiger partial charge in [0, 0.05) is 26.3 Å². The Labute approximate surface area is 250 Å². The summed E-state index contributed by atoms with van der Waals surface area (Å²) in [6, 6.07) is -2.88. The van der Waals surface area contributed by atoms with E-state index in [1.165, 1.54) is 4.90 Å². The number of piperidine rings is 1. The van der Waals surface area contributed by atoms with E-state index < -0.39 is 58.7 Å². The molecule has 0 bridgehead atoms. The molecular formula is C31H52N4O7. The van der Waals surface area contributed by atoms with E-state index in [9.17, 15) is 24.0 Å². The van der Waals surface area contributed by atoms with Crippen molar-refractivity contribution < 1.29 is 33.4 Å². The summed E-state index contributed by atoms with van der Waals surface area (Å²) < 4.78 is 10.7. The van der Waals surface area contributed by atoms with Crippen molar-refractivity contribution in [1.29, 1.82) is 0 Å². The number of allylic oxidation sites excluding steroid dienone is 1. The number of rotatable bonds is 14.